The minimum atomic E-state index is -1.62. The van der Waals surface area contributed by atoms with Gasteiger partial charge >= 0.3 is 0 Å². The molecule has 0 aromatic carbocycles. The highest BCUT2D eigenvalue weighted by molar-refractivity contribution is 7.11. The highest BCUT2D eigenvalue weighted by Gasteiger charge is 2.14. The van der Waals surface area contributed by atoms with Crippen LogP contribution in [-0.2, 0) is 0 Å². The molecule has 1 atom stereocenters. The zero-order chi connectivity index (χ0) is 6.62. The van der Waals surface area contributed by atoms with Crippen LogP contribution in [0.15, 0.2) is 0 Å². The lowest BCUT2D eigenvalue weighted by Crippen LogP contribution is -2.31. The van der Waals surface area contributed by atoms with E-state index in [2.05, 4.69) is 0 Å². The van der Waals surface area contributed by atoms with Crippen molar-refractivity contribution in [1.29, 1.82) is 0 Å². The maximum atomic E-state index is 9.29. The predicted octanol–water partition coefficient (Wildman–Crippen LogP) is -1.24. The third-order valence-corrected chi connectivity index (χ3v) is 4.07. The first-order valence-corrected chi connectivity index (χ1v) is 9.14. The molecule has 1 unspecified atom stereocenters. The van der Waals surface area contributed by atoms with Gasteiger partial charge in [0.1, 0.15) is 0 Å². The van der Waals surface area contributed by atoms with Crippen molar-refractivity contribution in [2.75, 3.05) is 6.54 Å². The van der Waals surface area contributed by atoms with Crippen LogP contribution < -0.4 is 5.73 Å². The molecule has 0 spiro atoms. The molecule has 8 heavy (non-hydrogen) atoms. The van der Waals surface area contributed by atoms with Crippen LogP contribution in [0.3, 0.4) is 0 Å². The summed E-state index contributed by atoms with van der Waals surface area (Å²) < 4.78 is 0. The highest BCUT2D eigenvalue weighted by atomic mass is 29.2. The third kappa shape index (κ3) is 6.35. The fourth-order valence-electron chi connectivity index (χ4n) is 0.535. The van der Waals surface area contributed by atoms with E-state index < -0.39 is 7.83 Å². The fraction of sp³-hybridized carbons (Fsp3) is 1.00. The molecular weight excluding hydrogens is 134 g/mol. The summed E-state index contributed by atoms with van der Waals surface area (Å²) in [5, 5.41) is 0. The minimum Gasteiger partial charge on any atom is -0.436 e. The minimum absolute atomic E-state index is 0.728. The van der Waals surface area contributed by atoms with E-state index in [0.29, 0.717) is 0 Å². The standard InChI is InChI=1S/C4H15NOSi2/c1-8(6,7)4-2-3-5/h6H,2-5H2,1,7H3. The molecule has 0 rings (SSSR count). The summed E-state index contributed by atoms with van der Waals surface area (Å²) in [5.41, 5.74) is 5.26. The van der Waals surface area contributed by atoms with E-state index in [9.17, 15) is 4.80 Å². The lowest BCUT2D eigenvalue weighted by atomic mass is 10.5. The van der Waals surface area contributed by atoms with Crippen LogP contribution in [-0.4, -0.2) is 28.9 Å². The monoisotopic (exact) mass is 149 g/mol. The smallest absolute Gasteiger partial charge is 0.161 e. The van der Waals surface area contributed by atoms with Gasteiger partial charge in [0.05, 0.1) is 0 Å². The van der Waals surface area contributed by atoms with E-state index in [0.717, 1.165) is 28.8 Å². The van der Waals surface area contributed by atoms with Gasteiger partial charge in [0, 0.05) is 9.76 Å². The summed E-state index contributed by atoms with van der Waals surface area (Å²) in [4.78, 5) is 9.29. The average molecular weight is 149 g/mol. The Kier molecular flexibility index (Phi) is 3.54. The van der Waals surface area contributed by atoms with Crippen LogP contribution in [0.25, 0.3) is 0 Å². The van der Waals surface area contributed by atoms with E-state index in [-0.39, 0.29) is 0 Å². The summed E-state index contributed by atoms with van der Waals surface area (Å²) in [6.07, 6.45) is 1.00. The maximum Gasteiger partial charge on any atom is 0.161 e. The zero-order valence-electron chi connectivity index (χ0n) is 5.65. The van der Waals surface area contributed by atoms with Gasteiger partial charge in [-0.15, -0.1) is 0 Å². The second kappa shape index (κ2) is 3.39. The Morgan fingerprint density at radius 1 is 1.75 bits per heavy atom. The largest absolute Gasteiger partial charge is 0.436 e. The number of hydrogen-bond acceptors (Lipinski definition) is 2. The second-order valence-electron chi connectivity index (χ2n) is 2.70. The average Bonchev–Trinajstić information content (AvgIpc) is 1.59. The van der Waals surface area contributed by atoms with Crippen molar-refractivity contribution in [3.05, 3.63) is 0 Å². The van der Waals surface area contributed by atoms with Gasteiger partial charge in [0.2, 0.25) is 0 Å². The van der Waals surface area contributed by atoms with Gasteiger partial charge in [0.25, 0.3) is 0 Å². The molecule has 0 aromatic heterocycles. The van der Waals surface area contributed by atoms with E-state index in [1.54, 1.807) is 0 Å². The van der Waals surface area contributed by atoms with Crippen molar-refractivity contribution in [3.8, 4) is 0 Å². The molecule has 0 aliphatic carbocycles. The molecule has 0 heterocycles. The van der Waals surface area contributed by atoms with Gasteiger partial charge in [-0.25, -0.2) is 0 Å². The Morgan fingerprint density at radius 3 is 2.38 bits per heavy atom. The molecular formula is C4H15NOSi2. The van der Waals surface area contributed by atoms with Crippen LogP contribution in [0.4, 0.5) is 0 Å². The normalized spacial score (nSPS) is 18.4. The van der Waals surface area contributed by atoms with Crippen molar-refractivity contribution in [1.82, 2.24) is 0 Å². The number of rotatable bonds is 3. The van der Waals surface area contributed by atoms with Gasteiger partial charge in [-0.05, 0) is 25.6 Å². The quantitative estimate of drug-likeness (QED) is 0.493. The van der Waals surface area contributed by atoms with Crippen molar-refractivity contribution in [2.45, 2.75) is 19.0 Å². The Bertz CT molecular complexity index is 61.5. The molecule has 0 radical (unpaired) electrons. The second-order valence-corrected chi connectivity index (χ2v) is 13.3. The van der Waals surface area contributed by atoms with Crippen molar-refractivity contribution in [3.63, 3.8) is 0 Å². The zero-order valence-corrected chi connectivity index (χ0v) is 8.65. The van der Waals surface area contributed by atoms with Crippen molar-refractivity contribution >= 4 is 17.6 Å². The van der Waals surface area contributed by atoms with E-state index >= 15 is 0 Å². The van der Waals surface area contributed by atoms with Crippen LogP contribution in [0.2, 0.25) is 12.6 Å². The van der Waals surface area contributed by atoms with Gasteiger partial charge in [-0.2, -0.15) is 0 Å². The van der Waals surface area contributed by atoms with E-state index in [1.165, 1.54) is 0 Å². The summed E-state index contributed by atoms with van der Waals surface area (Å²) in [6.45, 7) is 2.72. The van der Waals surface area contributed by atoms with Crippen molar-refractivity contribution < 1.29 is 4.80 Å². The van der Waals surface area contributed by atoms with E-state index in [1.807, 2.05) is 6.55 Å². The van der Waals surface area contributed by atoms with Crippen molar-refractivity contribution in [2.24, 2.45) is 5.73 Å². The molecule has 0 amide bonds. The lowest BCUT2D eigenvalue weighted by molar-refractivity contribution is 0.561. The Morgan fingerprint density at radius 2 is 2.25 bits per heavy atom. The molecule has 0 fully saturated rings. The first-order valence-electron chi connectivity index (χ1n) is 2.99. The molecule has 2 nitrogen and oxygen atoms in total. The SMILES string of the molecule is C[Si](O)([SiH3])CCCN. The summed E-state index contributed by atoms with van der Waals surface area (Å²) in [7, 11) is -0.638. The van der Waals surface area contributed by atoms with Crippen LogP contribution >= 0.6 is 0 Å². The third-order valence-electron chi connectivity index (χ3n) is 0.993. The van der Waals surface area contributed by atoms with Crippen LogP contribution in [0.1, 0.15) is 6.42 Å². The van der Waals surface area contributed by atoms with Gasteiger partial charge in [-0.3, -0.25) is 0 Å². The molecule has 50 valence electrons. The topological polar surface area (TPSA) is 46.2 Å². The fourth-order valence-corrected chi connectivity index (χ4v) is 2.66. The first-order chi connectivity index (χ1) is 3.56. The molecule has 0 aliphatic rings. The molecule has 3 N–H and O–H groups in total. The summed E-state index contributed by atoms with van der Waals surface area (Å²) >= 11 is 0. The molecule has 0 bridgehead atoms. The molecule has 4 heteroatoms. The van der Waals surface area contributed by atoms with Gasteiger partial charge < -0.3 is 10.5 Å². The highest BCUT2D eigenvalue weighted by Crippen LogP contribution is 2.01. The van der Waals surface area contributed by atoms with Gasteiger partial charge in [0.15, 0.2) is 7.83 Å². The Labute approximate surface area is 54.4 Å². The Balaban J connectivity index is 3.11. The summed E-state index contributed by atoms with van der Waals surface area (Å²) in [5.74, 6) is 0. The van der Waals surface area contributed by atoms with Crippen LogP contribution in [0.5, 0.6) is 0 Å². The molecule has 0 saturated carbocycles. The Hall–Kier alpha value is 0.354. The van der Waals surface area contributed by atoms with Crippen LogP contribution in [0, 0.1) is 0 Å². The van der Waals surface area contributed by atoms with Gasteiger partial charge in [-0.1, -0.05) is 0 Å². The summed E-state index contributed by atoms with van der Waals surface area (Å²) in [6, 6.07) is 0.996. The first kappa shape index (κ1) is 8.35. The number of hydrogen-bond donors (Lipinski definition) is 2. The maximum absolute atomic E-state index is 9.29. The predicted molar refractivity (Wildman–Crippen MR) is 42.3 cm³/mol. The number of nitrogens with two attached hydrogens (primary N) is 1. The molecule has 0 aromatic rings. The molecule has 0 aliphatic heterocycles. The van der Waals surface area contributed by atoms with E-state index in [4.69, 9.17) is 5.73 Å². The lowest BCUT2D eigenvalue weighted by Gasteiger charge is -2.11. The molecule has 0 saturated heterocycles.